The first-order valence-electron chi connectivity index (χ1n) is 13.1. The fourth-order valence-corrected chi connectivity index (χ4v) is 4.78. The molecule has 0 spiro atoms. The van der Waals surface area contributed by atoms with Gasteiger partial charge in [-0.3, -0.25) is 19.0 Å². The van der Waals surface area contributed by atoms with Crippen molar-refractivity contribution in [1.82, 2.24) is 30.0 Å². The van der Waals surface area contributed by atoms with Gasteiger partial charge in [-0.05, 0) is 69.9 Å². The molecule has 0 aliphatic heterocycles. The number of carbonyl (C=O) groups excluding carboxylic acids is 2. The van der Waals surface area contributed by atoms with Gasteiger partial charge in [0.2, 0.25) is 0 Å². The molecule has 1 unspecified atom stereocenters. The van der Waals surface area contributed by atoms with Crippen LogP contribution < -0.4 is 10.6 Å². The Morgan fingerprint density at radius 3 is 2.42 bits per heavy atom. The van der Waals surface area contributed by atoms with Gasteiger partial charge < -0.3 is 15.2 Å². The topological polar surface area (TPSA) is 120 Å². The van der Waals surface area contributed by atoms with E-state index < -0.39 is 36.4 Å². The molecule has 1 atom stereocenters. The highest BCUT2D eigenvalue weighted by Gasteiger charge is 2.41. The van der Waals surface area contributed by atoms with E-state index in [1.165, 1.54) is 19.3 Å². The highest BCUT2D eigenvalue weighted by Crippen LogP contribution is 2.50. The highest BCUT2D eigenvalue weighted by atomic mass is 19.4. The summed E-state index contributed by atoms with van der Waals surface area (Å²) in [5.41, 5.74) is 0.672. The second-order valence-electron chi connectivity index (χ2n) is 10.5. The molecule has 214 valence electrons. The summed E-state index contributed by atoms with van der Waals surface area (Å²) in [6.07, 6.45) is 1.49. The predicted molar refractivity (Wildman–Crippen MR) is 133 cm³/mol. The summed E-state index contributed by atoms with van der Waals surface area (Å²) in [5.74, 6) is -1.92. The molecule has 0 bridgehead atoms. The first-order valence-corrected chi connectivity index (χ1v) is 13.1. The Hall–Kier alpha value is -3.97. The Bertz CT molecular complexity index is 1430. The number of alkyl halides is 3. The van der Waals surface area contributed by atoms with E-state index in [4.69, 9.17) is 4.52 Å². The number of hydrogen-bond donors (Lipinski definition) is 2. The number of rotatable bonds is 10. The van der Waals surface area contributed by atoms with Gasteiger partial charge >= 0.3 is 6.18 Å². The van der Waals surface area contributed by atoms with Crippen molar-refractivity contribution in [1.29, 1.82) is 0 Å². The Morgan fingerprint density at radius 2 is 1.82 bits per heavy atom. The number of aromatic nitrogens is 5. The van der Waals surface area contributed by atoms with Gasteiger partial charge in [0, 0.05) is 17.8 Å². The van der Waals surface area contributed by atoms with Crippen LogP contribution in [0, 0.1) is 17.8 Å². The second kappa shape index (κ2) is 10.5. The third-order valence-electron chi connectivity index (χ3n) is 7.01. The molecule has 3 aromatic rings. The SMILES string of the molecule is CC(c1conc1CC(F)(F)F)n1cc(NC(=O)C(NC(=O)c2ccnn2C(C)C)=C(C2CC2)C2CC2)c(F)n1. The van der Waals surface area contributed by atoms with Gasteiger partial charge in [-0.25, -0.2) is 0 Å². The van der Waals surface area contributed by atoms with Crippen LogP contribution in [-0.4, -0.2) is 42.7 Å². The van der Waals surface area contributed by atoms with Crippen molar-refractivity contribution in [3.8, 4) is 0 Å². The molecule has 2 aliphatic carbocycles. The Morgan fingerprint density at radius 1 is 1.15 bits per heavy atom. The van der Waals surface area contributed by atoms with Crippen LogP contribution >= 0.6 is 0 Å². The van der Waals surface area contributed by atoms with Crippen LogP contribution in [0.15, 0.2) is 40.5 Å². The molecule has 2 aliphatic rings. The van der Waals surface area contributed by atoms with Gasteiger partial charge in [0.25, 0.3) is 17.8 Å². The average Bonchev–Trinajstić information content (AvgIpc) is 3.76. The summed E-state index contributed by atoms with van der Waals surface area (Å²) in [7, 11) is 0. The van der Waals surface area contributed by atoms with Crippen LogP contribution in [0.1, 0.15) is 80.3 Å². The molecule has 0 saturated heterocycles. The van der Waals surface area contributed by atoms with E-state index in [1.54, 1.807) is 10.7 Å². The maximum atomic E-state index is 14.9. The first-order chi connectivity index (χ1) is 18.9. The number of carbonyl (C=O) groups is 2. The molecule has 2 amide bonds. The van der Waals surface area contributed by atoms with Crippen LogP contribution in [0.25, 0.3) is 0 Å². The lowest BCUT2D eigenvalue weighted by Gasteiger charge is -2.17. The minimum Gasteiger partial charge on any atom is -0.364 e. The summed E-state index contributed by atoms with van der Waals surface area (Å²) in [6, 6.07) is 0.595. The van der Waals surface area contributed by atoms with Gasteiger partial charge in [0.1, 0.15) is 23.3 Å². The van der Waals surface area contributed by atoms with Crippen molar-refractivity contribution >= 4 is 17.5 Å². The van der Waals surface area contributed by atoms with Gasteiger partial charge in [0.15, 0.2) is 0 Å². The molecule has 5 rings (SSSR count). The normalized spacial score (nSPS) is 16.2. The molecule has 0 radical (unpaired) electrons. The van der Waals surface area contributed by atoms with Crippen LogP contribution in [0.3, 0.4) is 0 Å². The standard InChI is InChI=1S/C26H29F4N7O3/c1-13(2)37-20(8-9-31-37)24(38)33-22(21(15-4-5-15)16-6-7-16)25(39)32-19-11-36(34-23(19)27)14(3)17-12-40-35-18(17)10-26(28,29)30/h8-9,11-16H,4-7,10H2,1-3H3,(H,32,39)(H,33,38). The van der Waals surface area contributed by atoms with E-state index in [1.807, 2.05) is 13.8 Å². The Labute approximate surface area is 226 Å². The zero-order valence-electron chi connectivity index (χ0n) is 22.1. The minimum atomic E-state index is -4.51. The molecule has 0 aromatic carbocycles. The van der Waals surface area contributed by atoms with E-state index in [9.17, 15) is 27.2 Å². The quantitative estimate of drug-likeness (QED) is 0.266. The van der Waals surface area contributed by atoms with Crippen LogP contribution in [0.5, 0.6) is 0 Å². The molecule has 3 heterocycles. The van der Waals surface area contributed by atoms with E-state index in [0.29, 0.717) is 0 Å². The van der Waals surface area contributed by atoms with Crippen molar-refractivity contribution in [3.05, 3.63) is 58.9 Å². The van der Waals surface area contributed by atoms with Gasteiger partial charge in [-0.1, -0.05) is 5.16 Å². The number of anilines is 1. The van der Waals surface area contributed by atoms with E-state index in [2.05, 4.69) is 26.0 Å². The summed E-state index contributed by atoms with van der Waals surface area (Å²) in [6.45, 7) is 5.26. The number of halogens is 4. The zero-order valence-corrected chi connectivity index (χ0v) is 22.1. The smallest absolute Gasteiger partial charge is 0.364 e. The molecule has 10 nitrogen and oxygen atoms in total. The van der Waals surface area contributed by atoms with Crippen LogP contribution in [0.2, 0.25) is 0 Å². The van der Waals surface area contributed by atoms with Gasteiger partial charge in [0.05, 0.1) is 24.4 Å². The number of allylic oxidation sites excluding steroid dienone is 1. The zero-order chi connectivity index (χ0) is 28.8. The minimum absolute atomic E-state index is 0.0806. The summed E-state index contributed by atoms with van der Waals surface area (Å²) < 4.78 is 61.1. The first kappa shape index (κ1) is 27.6. The lowest BCUT2D eigenvalue weighted by Crippen LogP contribution is -2.34. The number of nitrogens with zero attached hydrogens (tertiary/aromatic N) is 5. The lowest BCUT2D eigenvalue weighted by atomic mass is 10.0. The third-order valence-corrected chi connectivity index (χ3v) is 7.01. The fraction of sp³-hybridized carbons (Fsp3) is 0.500. The largest absolute Gasteiger partial charge is 0.394 e. The van der Waals surface area contributed by atoms with Crippen LogP contribution in [0.4, 0.5) is 23.2 Å². The van der Waals surface area contributed by atoms with E-state index in [0.717, 1.165) is 42.2 Å². The molecular weight excluding hydrogens is 534 g/mol. The third kappa shape index (κ3) is 5.94. The molecule has 3 aromatic heterocycles. The monoisotopic (exact) mass is 563 g/mol. The highest BCUT2D eigenvalue weighted by molar-refractivity contribution is 6.08. The molecule has 14 heteroatoms. The molecule has 2 saturated carbocycles. The Kier molecular flexibility index (Phi) is 7.27. The fourth-order valence-electron chi connectivity index (χ4n) is 4.78. The van der Waals surface area contributed by atoms with Crippen molar-refractivity contribution in [3.63, 3.8) is 0 Å². The summed E-state index contributed by atoms with van der Waals surface area (Å²) in [5, 5.41) is 16.6. The van der Waals surface area contributed by atoms with Crippen molar-refractivity contribution in [2.24, 2.45) is 11.8 Å². The maximum absolute atomic E-state index is 14.9. The Balaban J connectivity index is 1.40. The number of nitrogens with one attached hydrogen (secondary N) is 2. The molecular formula is C26H29F4N7O3. The van der Waals surface area contributed by atoms with Crippen molar-refractivity contribution in [2.45, 2.75) is 71.1 Å². The van der Waals surface area contributed by atoms with E-state index >= 15 is 0 Å². The summed E-state index contributed by atoms with van der Waals surface area (Å²) >= 11 is 0. The van der Waals surface area contributed by atoms with Crippen molar-refractivity contribution in [2.75, 3.05) is 5.32 Å². The molecule has 40 heavy (non-hydrogen) atoms. The van der Waals surface area contributed by atoms with Gasteiger partial charge in [-0.2, -0.15) is 22.7 Å². The lowest BCUT2D eigenvalue weighted by molar-refractivity contribution is -0.128. The van der Waals surface area contributed by atoms with Crippen LogP contribution in [-0.2, 0) is 11.2 Å². The molecule has 2 fully saturated rings. The van der Waals surface area contributed by atoms with Gasteiger partial charge in [-0.15, -0.1) is 5.10 Å². The van der Waals surface area contributed by atoms with E-state index in [-0.39, 0.29) is 46.2 Å². The maximum Gasteiger partial charge on any atom is 0.394 e. The predicted octanol–water partition coefficient (Wildman–Crippen LogP) is 4.94. The second-order valence-corrected chi connectivity index (χ2v) is 10.5. The number of amides is 2. The molecule has 2 N–H and O–H groups in total. The average molecular weight is 564 g/mol. The van der Waals surface area contributed by atoms with Crippen molar-refractivity contribution < 1.29 is 31.7 Å². The summed E-state index contributed by atoms with van der Waals surface area (Å²) in [4.78, 5) is 26.8. The number of hydrogen-bond acceptors (Lipinski definition) is 6.